The molecule has 5 atom stereocenters. The normalized spacial score (nSPS) is 25.1. The maximum atomic E-state index is 11.8. The van der Waals surface area contributed by atoms with Crippen LogP contribution in [0, 0.1) is 0 Å². The van der Waals surface area contributed by atoms with E-state index in [-0.39, 0.29) is 6.61 Å². The zero-order chi connectivity index (χ0) is 23.1. The fourth-order valence-corrected chi connectivity index (χ4v) is 3.31. The molecule has 10 nitrogen and oxygen atoms in total. The first-order valence-electron chi connectivity index (χ1n) is 9.48. The summed E-state index contributed by atoms with van der Waals surface area (Å²) in [6.45, 7) is 4.33. The van der Waals surface area contributed by atoms with Gasteiger partial charge in [0.2, 0.25) is 0 Å². The van der Waals surface area contributed by atoms with Crippen LogP contribution >= 0.6 is 0 Å². The summed E-state index contributed by atoms with van der Waals surface area (Å²) in [7, 11) is 0. The van der Waals surface area contributed by atoms with Gasteiger partial charge < -0.3 is 23.7 Å². The SMILES string of the molecule is CC(=O)OC[C@H]1O[C@@H](c2cccc(C=O)c2)[C@H](OC(C)=O)[C@@H](OC(C)=O)[C@@H]1OC(C)=O. The number of carbonyl (C=O) groups is 5. The van der Waals surface area contributed by atoms with E-state index in [1.54, 1.807) is 18.2 Å². The van der Waals surface area contributed by atoms with Gasteiger partial charge in [-0.15, -0.1) is 0 Å². The molecule has 0 unspecified atom stereocenters. The van der Waals surface area contributed by atoms with Gasteiger partial charge in [0.15, 0.2) is 18.3 Å². The summed E-state index contributed by atoms with van der Waals surface area (Å²) in [6, 6.07) is 6.33. The summed E-state index contributed by atoms with van der Waals surface area (Å²) in [5, 5.41) is 0. The molecular formula is C21H24O10. The van der Waals surface area contributed by atoms with Crippen molar-refractivity contribution in [1.82, 2.24) is 0 Å². The van der Waals surface area contributed by atoms with E-state index in [2.05, 4.69) is 0 Å². The van der Waals surface area contributed by atoms with Gasteiger partial charge in [-0.05, 0) is 11.6 Å². The fourth-order valence-electron chi connectivity index (χ4n) is 3.31. The minimum atomic E-state index is -1.26. The van der Waals surface area contributed by atoms with Crippen molar-refractivity contribution < 1.29 is 47.7 Å². The molecular weight excluding hydrogens is 412 g/mol. The standard InChI is InChI=1S/C21H24O10/c1-11(23)27-10-17-19(28-12(2)24)21(30-14(4)26)20(29-13(3)25)18(31-17)16-7-5-6-15(8-16)9-22/h5-9,17-21H,10H2,1-4H3/t17-,18+,19-,20+,21+/m1/s1. The number of hydrogen-bond acceptors (Lipinski definition) is 10. The van der Waals surface area contributed by atoms with Gasteiger partial charge >= 0.3 is 23.9 Å². The summed E-state index contributed by atoms with van der Waals surface area (Å²) >= 11 is 0. The maximum Gasteiger partial charge on any atom is 0.303 e. The lowest BCUT2D eigenvalue weighted by molar-refractivity contribution is -0.254. The molecule has 0 radical (unpaired) electrons. The molecule has 0 bridgehead atoms. The van der Waals surface area contributed by atoms with Crippen LogP contribution in [0.2, 0.25) is 0 Å². The van der Waals surface area contributed by atoms with E-state index in [1.165, 1.54) is 13.0 Å². The number of carbonyl (C=O) groups excluding carboxylic acids is 5. The minimum Gasteiger partial charge on any atom is -0.463 e. The molecule has 0 saturated carbocycles. The lowest BCUT2D eigenvalue weighted by Crippen LogP contribution is -2.59. The highest BCUT2D eigenvalue weighted by Crippen LogP contribution is 2.37. The van der Waals surface area contributed by atoms with Gasteiger partial charge in [-0.1, -0.05) is 18.2 Å². The Labute approximate surface area is 178 Å². The van der Waals surface area contributed by atoms with Crippen LogP contribution in [-0.2, 0) is 42.9 Å². The minimum absolute atomic E-state index is 0.318. The summed E-state index contributed by atoms with van der Waals surface area (Å²) in [4.78, 5) is 57.9. The quantitative estimate of drug-likeness (QED) is 0.350. The number of benzene rings is 1. The summed E-state index contributed by atoms with van der Waals surface area (Å²) in [5.74, 6) is -2.72. The molecule has 0 aromatic heterocycles. The van der Waals surface area contributed by atoms with Crippen LogP contribution in [0.3, 0.4) is 0 Å². The highest BCUT2D eigenvalue weighted by Gasteiger charge is 2.52. The third kappa shape index (κ3) is 6.61. The zero-order valence-electron chi connectivity index (χ0n) is 17.6. The second-order valence-corrected chi connectivity index (χ2v) is 6.91. The number of aldehydes is 1. The smallest absolute Gasteiger partial charge is 0.303 e. The third-order valence-electron chi connectivity index (χ3n) is 4.37. The van der Waals surface area contributed by atoms with Crippen LogP contribution in [0.1, 0.15) is 49.7 Å². The van der Waals surface area contributed by atoms with E-state index in [0.29, 0.717) is 17.4 Å². The van der Waals surface area contributed by atoms with Crippen molar-refractivity contribution in [3.8, 4) is 0 Å². The third-order valence-corrected chi connectivity index (χ3v) is 4.37. The summed E-state index contributed by atoms with van der Waals surface area (Å²) in [5.41, 5.74) is 0.785. The molecule has 1 aromatic rings. The van der Waals surface area contributed by atoms with Crippen molar-refractivity contribution >= 4 is 30.2 Å². The molecule has 0 aliphatic carbocycles. The predicted octanol–water partition coefficient (Wildman–Crippen LogP) is 1.30. The first-order valence-corrected chi connectivity index (χ1v) is 9.48. The fraction of sp³-hybridized carbons (Fsp3) is 0.476. The first-order chi connectivity index (χ1) is 14.6. The van der Waals surface area contributed by atoms with Crippen LogP contribution in [0.15, 0.2) is 24.3 Å². The van der Waals surface area contributed by atoms with E-state index >= 15 is 0 Å². The molecule has 1 fully saturated rings. The topological polar surface area (TPSA) is 132 Å². The first kappa shape index (κ1) is 24.0. The van der Waals surface area contributed by atoms with E-state index in [1.807, 2.05) is 0 Å². The van der Waals surface area contributed by atoms with E-state index in [4.69, 9.17) is 23.7 Å². The zero-order valence-corrected chi connectivity index (χ0v) is 17.6. The van der Waals surface area contributed by atoms with Crippen LogP contribution < -0.4 is 0 Å². The Kier molecular flexibility index (Phi) is 8.26. The van der Waals surface area contributed by atoms with Gasteiger partial charge in [0, 0.05) is 33.3 Å². The molecule has 10 heteroatoms. The summed E-state index contributed by atoms with van der Waals surface area (Å²) in [6.07, 6.45) is -5.12. The van der Waals surface area contributed by atoms with E-state index < -0.39 is 54.4 Å². The largest absolute Gasteiger partial charge is 0.463 e. The number of esters is 4. The Hall–Kier alpha value is -3.27. The highest BCUT2D eigenvalue weighted by molar-refractivity contribution is 5.75. The second-order valence-electron chi connectivity index (χ2n) is 6.91. The Morgan fingerprint density at radius 2 is 1.45 bits per heavy atom. The van der Waals surface area contributed by atoms with E-state index in [9.17, 15) is 24.0 Å². The van der Waals surface area contributed by atoms with Crippen molar-refractivity contribution in [2.24, 2.45) is 0 Å². The molecule has 1 saturated heterocycles. The van der Waals surface area contributed by atoms with Gasteiger partial charge in [-0.25, -0.2) is 0 Å². The molecule has 1 aliphatic rings. The van der Waals surface area contributed by atoms with Crippen molar-refractivity contribution in [3.05, 3.63) is 35.4 Å². The number of hydrogen-bond donors (Lipinski definition) is 0. The monoisotopic (exact) mass is 436 g/mol. The molecule has 2 rings (SSSR count). The Balaban J connectivity index is 2.56. The average Bonchev–Trinajstić information content (AvgIpc) is 2.68. The van der Waals surface area contributed by atoms with Crippen molar-refractivity contribution in [3.63, 3.8) is 0 Å². The molecule has 31 heavy (non-hydrogen) atoms. The molecule has 0 spiro atoms. The van der Waals surface area contributed by atoms with Crippen LogP contribution in [-0.4, -0.2) is 61.2 Å². The van der Waals surface area contributed by atoms with Crippen LogP contribution in [0.4, 0.5) is 0 Å². The summed E-state index contributed by atoms with van der Waals surface area (Å²) < 4.78 is 27.1. The molecule has 0 N–H and O–H groups in total. The maximum absolute atomic E-state index is 11.8. The lowest BCUT2D eigenvalue weighted by Gasteiger charge is -2.44. The van der Waals surface area contributed by atoms with Crippen molar-refractivity contribution in [1.29, 1.82) is 0 Å². The Morgan fingerprint density at radius 3 is 2.00 bits per heavy atom. The molecule has 168 valence electrons. The van der Waals surface area contributed by atoms with Crippen molar-refractivity contribution in [2.75, 3.05) is 6.61 Å². The van der Waals surface area contributed by atoms with E-state index in [0.717, 1.165) is 20.8 Å². The number of rotatable bonds is 7. The molecule has 1 heterocycles. The molecule has 0 amide bonds. The highest BCUT2D eigenvalue weighted by atomic mass is 16.7. The van der Waals surface area contributed by atoms with Crippen LogP contribution in [0.25, 0.3) is 0 Å². The van der Waals surface area contributed by atoms with Gasteiger partial charge in [0.25, 0.3) is 0 Å². The van der Waals surface area contributed by atoms with Gasteiger partial charge in [-0.3, -0.25) is 24.0 Å². The predicted molar refractivity (Wildman–Crippen MR) is 103 cm³/mol. The Morgan fingerprint density at radius 1 is 0.871 bits per heavy atom. The average molecular weight is 436 g/mol. The molecule has 1 aliphatic heterocycles. The van der Waals surface area contributed by atoms with Crippen LogP contribution in [0.5, 0.6) is 0 Å². The molecule has 1 aromatic carbocycles. The second kappa shape index (κ2) is 10.7. The number of ether oxygens (including phenoxy) is 5. The Bertz CT molecular complexity index is 848. The van der Waals surface area contributed by atoms with Gasteiger partial charge in [0.05, 0.1) is 0 Å². The van der Waals surface area contributed by atoms with Gasteiger partial charge in [-0.2, -0.15) is 0 Å². The van der Waals surface area contributed by atoms with Gasteiger partial charge in [0.1, 0.15) is 25.1 Å². The van der Waals surface area contributed by atoms with Crippen molar-refractivity contribution in [2.45, 2.75) is 58.2 Å². The lowest BCUT2D eigenvalue weighted by atomic mass is 9.90.